The van der Waals surface area contributed by atoms with Gasteiger partial charge in [-0.2, -0.15) is 0 Å². The van der Waals surface area contributed by atoms with E-state index in [1.807, 2.05) is 51.1 Å². The number of aryl methyl sites for hydroxylation is 1. The first-order valence-electron chi connectivity index (χ1n) is 14.8. The normalized spacial score (nSPS) is 12.7. The molecule has 2 amide bonds. The van der Waals surface area contributed by atoms with Crippen molar-refractivity contribution in [3.8, 4) is 0 Å². The minimum atomic E-state index is -4.21. The largest absolute Gasteiger partial charge is 0.352 e. The maximum atomic E-state index is 14.6. The van der Waals surface area contributed by atoms with Crippen LogP contribution in [0.3, 0.4) is 0 Å². The maximum absolute atomic E-state index is 14.6. The Labute approximate surface area is 289 Å². The first-order chi connectivity index (χ1) is 21.9. The van der Waals surface area contributed by atoms with Crippen LogP contribution in [0.4, 0.5) is 5.69 Å². The Bertz CT molecular complexity index is 1740. The van der Waals surface area contributed by atoms with Gasteiger partial charge in [-0.15, -0.1) is 0 Å². The molecule has 7 nitrogen and oxygen atoms in total. The molecule has 0 bridgehead atoms. The number of carbonyl (C=O) groups excluding carboxylic acids is 2. The number of amides is 2. The molecule has 0 radical (unpaired) electrons. The number of rotatable bonds is 13. The summed E-state index contributed by atoms with van der Waals surface area (Å²) in [6.07, 6.45) is 0.861. The van der Waals surface area contributed by atoms with Gasteiger partial charge in [-0.25, -0.2) is 8.42 Å². The van der Waals surface area contributed by atoms with Gasteiger partial charge < -0.3 is 10.2 Å². The predicted molar refractivity (Wildman–Crippen MR) is 189 cm³/mol. The molecule has 0 unspecified atom stereocenters. The zero-order chi connectivity index (χ0) is 33.4. The third kappa shape index (κ3) is 8.91. The predicted octanol–water partition coefficient (Wildman–Crippen LogP) is 7.81. The van der Waals surface area contributed by atoms with E-state index in [1.54, 1.807) is 54.6 Å². The Morgan fingerprint density at radius 2 is 1.48 bits per heavy atom. The van der Waals surface area contributed by atoms with Crippen molar-refractivity contribution in [2.75, 3.05) is 10.8 Å². The highest BCUT2D eigenvalue weighted by molar-refractivity contribution is 9.10. The van der Waals surface area contributed by atoms with E-state index in [-0.39, 0.29) is 35.5 Å². The van der Waals surface area contributed by atoms with E-state index in [0.717, 1.165) is 19.9 Å². The van der Waals surface area contributed by atoms with Crippen LogP contribution in [0.5, 0.6) is 0 Å². The van der Waals surface area contributed by atoms with Crippen LogP contribution in [-0.4, -0.2) is 43.8 Å². The molecule has 1 N–H and O–H groups in total. The van der Waals surface area contributed by atoms with Crippen LogP contribution in [0.2, 0.25) is 10.0 Å². The van der Waals surface area contributed by atoms with Gasteiger partial charge in [-0.05, 0) is 74.4 Å². The molecule has 0 aromatic heterocycles. The van der Waals surface area contributed by atoms with Gasteiger partial charge in [0.2, 0.25) is 11.8 Å². The lowest BCUT2D eigenvalue weighted by Crippen LogP contribution is -2.54. The lowest BCUT2D eigenvalue weighted by atomic mass is 10.0. The van der Waals surface area contributed by atoms with Crippen molar-refractivity contribution in [3.63, 3.8) is 0 Å². The van der Waals surface area contributed by atoms with Crippen LogP contribution in [0.1, 0.15) is 37.0 Å². The topological polar surface area (TPSA) is 86.8 Å². The Balaban J connectivity index is 1.84. The van der Waals surface area contributed by atoms with Gasteiger partial charge >= 0.3 is 0 Å². The molecule has 0 heterocycles. The summed E-state index contributed by atoms with van der Waals surface area (Å²) in [5, 5.41) is 3.66. The maximum Gasteiger partial charge on any atom is 0.264 e. The molecular formula is C35H36BrCl2N3O4S. The number of halogens is 3. The number of sulfonamides is 1. The van der Waals surface area contributed by atoms with Crippen molar-refractivity contribution < 1.29 is 18.0 Å². The van der Waals surface area contributed by atoms with Gasteiger partial charge in [0.05, 0.1) is 10.6 Å². The third-order valence-corrected chi connectivity index (χ3v) is 10.7. The molecule has 46 heavy (non-hydrogen) atoms. The molecule has 2 atom stereocenters. The number of nitrogens with zero attached hydrogens (tertiary/aromatic N) is 2. The summed E-state index contributed by atoms with van der Waals surface area (Å²) in [6.45, 7) is 5.00. The van der Waals surface area contributed by atoms with Crippen LogP contribution in [0, 0.1) is 6.92 Å². The first-order valence-corrected chi connectivity index (χ1v) is 17.8. The minimum Gasteiger partial charge on any atom is -0.352 e. The summed E-state index contributed by atoms with van der Waals surface area (Å²) in [5.74, 6) is -0.971. The fraction of sp³-hybridized carbons (Fsp3) is 0.257. The summed E-state index contributed by atoms with van der Waals surface area (Å²) in [6, 6.07) is 26.3. The average molecular weight is 746 g/mol. The highest BCUT2D eigenvalue weighted by atomic mass is 79.9. The lowest BCUT2D eigenvalue weighted by Gasteiger charge is -2.34. The SMILES string of the molecule is CC[C@@H](C)NC(=O)[C@H](Cc1ccccc1)N(Cc1c(Cl)cccc1Cl)C(=O)CN(c1ccc(Br)cc1)S(=O)(=O)c1ccc(C)cc1. The van der Waals surface area contributed by atoms with Crippen molar-refractivity contribution in [1.29, 1.82) is 0 Å². The molecule has 0 fully saturated rings. The fourth-order valence-corrected chi connectivity index (χ4v) is 7.02. The zero-order valence-electron chi connectivity index (χ0n) is 25.8. The second kappa shape index (κ2) is 16.0. The standard InChI is InChI=1S/C35H36BrCl2N3O4S/c1-4-25(3)39-35(43)33(21-26-9-6-5-7-10-26)40(22-30-31(37)11-8-12-32(30)38)34(42)23-41(28-17-15-27(36)16-18-28)46(44,45)29-19-13-24(2)14-20-29/h5-20,25,33H,4,21-23H2,1-3H3,(H,39,43)/t25-,33+/m1/s1. The number of hydrogen-bond acceptors (Lipinski definition) is 4. The molecule has 0 aliphatic carbocycles. The van der Waals surface area contributed by atoms with E-state index in [1.165, 1.54) is 17.0 Å². The van der Waals surface area contributed by atoms with Crippen molar-refractivity contribution in [1.82, 2.24) is 10.2 Å². The van der Waals surface area contributed by atoms with E-state index in [0.29, 0.717) is 22.0 Å². The molecule has 0 spiro atoms. The van der Waals surface area contributed by atoms with Gasteiger partial charge in [0.1, 0.15) is 12.6 Å². The number of hydrogen-bond donors (Lipinski definition) is 1. The summed E-state index contributed by atoms with van der Waals surface area (Å²) in [7, 11) is -4.21. The highest BCUT2D eigenvalue weighted by Gasteiger charge is 2.35. The second-order valence-electron chi connectivity index (χ2n) is 11.0. The summed E-state index contributed by atoms with van der Waals surface area (Å²) in [4.78, 5) is 30.0. The Morgan fingerprint density at radius 3 is 2.07 bits per heavy atom. The van der Waals surface area contributed by atoms with Crippen LogP contribution in [-0.2, 0) is 32.6 Å². The smallest absolute Gasteiger partial charge is 0.264 e. The molecule has 4 aromatic rings. The molecule has 0 saturated heterocycles. The van der Waals surface area contributed by atoms with Gasteiger partial charge in [0.25, 0.3) is 10.0 Å². The molecule has 4 aromatic carbocycles. The third-order valence-electron chi connectivity index (χ3n) is 7.66. The van der Waals surface area contributed by atoms with E-state index in [9.17, 15) is 18.0 Å². The monoisotopic (exact) mass is 743 g/mol. The summed E-state index contributed by atoms with van der Waals surface area (Å²) in [5.41, 5.74) is 2.46. The molecule has 0 aliphatic rings. The molecule has 11 heteroatoms. The average Bonchev–Trinajstić information content (AvgIpc) is 3.03. The Morgan fingerprint density at radius 1 is 0.870 bits per heavy atom. The van der Waals surface area contributed by atoms with Crippen molar-refractivity contribution >= 4 is 66.7 Å². The van der Waals surface area contributed by atoms with E-state index in [2.05, 4.69) is 21.2 Å². The van der Waals surface area contributed by atoms with Crippen LogP contribution < -0.4 is 9.62 Å². The van der Waals surface area contributed by atoms with Crippen molar-refractivity contribution in [2.45, 2.75) is 57.1 Å². The molecule has 242 valence electrons. The summed E-state index contributed by atoms with van der Waals surface area (Å²) >= 11 is 16.6. The Hall–Kier alpha value is -3.37. The summed E-state index contributed by atoms with van der Waals surface area (Å²) < 4.78 is 30.1. The minimum absolute atomic E-state index is 0.0323. The molecule has 4 rings (SSSR count). The van der Waals surface area contributed by atoms with Gasteiger partial charge in [-0.3, -0.25) is 13.9 Å². The van der Waals surface area contributed by atoms with Gasteiger partial charge in [0.15, 0.2) is 0 Å². The molecule has 0 saturated carbocycles. The fourth-order valence-electron chi connectivity index (χ4n) is 4.82. The number of nitrogens with one attached hydrogen (secondary N) is 1. The van der Waals surface area contributed by atoms with Crippen molar-refractivity contribution in [2.24, 2.45) is 0 Å². The van der Waals surface area contributed by atoms with Crippen LogP contribution in [0.15, 0.2) is 106 Å². The lowest BCUT2D eigenvalue weighted by molar-refractivity contribution is -0.140. The van der Waals surface area contributed by atoms with E-state index >= 15 is 0 Å². The highest BCUT2D eigenvalue weighted by Crippen LogP contribution is 2.29. The second-order valence-corrected chi connectivity index (χ2v) is 14.6. The van der Waals surface area contributed by atoms with Crippen molar-refractivity contribution in [3.05, 3.63) is 128 Å². The van der Waals surface area contributed by atoms with Gasteiger partial charge in [0, 0.05) is 39.1 Å². The van der Waals surface area contributed by atoms with E-state index in [4.69, 9.17) is 23.2 Å². The van der Waals surface area contributed by atoms with Crippen LogP contribution >= 0.6 is 39.1 Å². The van der Waals surface area contributed by atoms with E-state index < -0.39 is 28.5 Å². The van der Waals surface area contributed by atoms with Gasteiger partial charge in [-0.1, -0.05) is 100 Å². The number of carbonyl (C=O) groups is 2. The quantitative estimate of drug-likeness (QED) is 0.151. The Kier molecular flexibility index (Phi) is 12.3. The zero-order valence-corrected chi connectivity index (χ0v) is 29.7. The molecular weight excluding hydrogens is 709 g/mol. The number of anilines is 1. The first kappa shape index (κ1) is 35.5. The molecule has 0 aliphatic heterocycles. The van der Waals surface area contributed by atoms with Crippen LogP contribution in [0.25, 0.3) is 0 Å². The number of benzene rings is 4.